The van der Waals surface area contributed by atoms with Gasteiger partial charge in [0.1, 0.15) is 11.5 Å². The molecule has 0 aliphatic heterocycles. The van der Waals surface area contributed by atoms with Crippen LogP contribution in [0.1, 0.15) is 91.9 Å². The molecule has 8 bridgehead atoms. The van der Waals surface area contributed by atoms with Crippen molar-refractivity contribution in [2.45, 2.75) is 142 Å². The lowest BCUT2D eigenvalue weighted by atomic mass is 9.45. The van der Waals surface area contributed by atoms with Gasteiger partial charge in [-0.1, -0.05) is 32.0 Å². The molecule has 8 aliphatic carbocycles. The molecule has 0 aromatic heterocycles. The normalized spacial score (nSPS) is 32.6. The quantitative estimate of drug-likeness (QED) is 0.0786. The highest BCUT2D eigenvalue weighted by Crippen LogP contribution is 2.72. The van der Waals surface area contributed by atoms with Gasteiger partial charge in [-0.3, -0.25) is 9.59 Å². The standard InChI is InChI=1S/C50H55F9O9S2/c1-28-36-20-32-18-33(21-36)25-45(28,24-32)43(64-30(3)60)66-38-10-14-41(15-11-38)69(40-8-6-5-7-9-40,68-70(62,63)50(58,59)48(53,54)47(51,52)49(55,56)57)42-16-12-39(13-17-42)67-44(65-31(4)61)46-26-34-19-35(27-46)23-37(22-34)29(46)2/h5-17,28-29,32-37,43-44H,18-27H2,1-4H3. The van der Waals surface area contributed by atoms with Crippen molar-refractivity contribution in [2.24, 2.45) is 58.2 Å². The Morgan fingerprint density at radius 3 is 1.24 bits per heavy atom. The maximum absolute atomic E-state index is 15.8. The van der Waals surface area contributed by atoms with Crippen LogP contribution in [0.15, 0.2) is 93.5 Å². The third kappa shape index (κ3) is 8.15. The number of hydrogen-bond donors (Lipinski definition) is 0. The second-order valence-corrected chi connectivity index (χ2v) is 25.4. The first kappa shape index (κ1) is 50.8. The molecule has 3 aromatic carbocycles. The highest BCUT2D eigenvalue weighted by atomic mass is 32.3. The molecule has 70 heavy (non-hydrogen) atoms. The number of esters is 2. The second kappa shape index (κ2) is 17.5. The first-order valence-electron chi connectivity index (χ1n) is 23.6. The van der Waals surface area contributed by atoms with Crippen LogP contribution in [-0.4, -0.2) is 56.2 Å². The predicted octanol–water partition coefficient (Wildman–Crippen LogP) is 13.1. The summed E-state index contributed by atoms with van der Waals surface area (Å²) in [5, 5.41) is -7.20. The third-order valence-electron chi connectivity index (χ3n) is 16.8. The van der Waals surface area contributed by atoms with Crippen LogP contribution in [-0.2, 0) is 32.8 Å². The van der Waals surface area contributed by atoms with Gasteiger partial charge in [-0.25, -0.2) is 3.63 Å². The van der Waals surface area contributed by atoms with E-state index in [2.05, 4.69) is 13.8 Å². The molecule has 9 nitrogen and oxygen atoms in total. The van der Waals surface area contributed by atoms with Gasteiger partial charge in [-0.2, -0.15) is 47.9 Å². The number of ether oxygens (including phenoxy) is 4. The van der Waals surface area contributed by atoms with Crippen molar-refractivity contribution >= 4 is 32.4 Å². The summed E-state index contributed by atoms with van der Waals surface area (Å²) in [5.74, 6) is -13.8. The van der Waals surface area contributed by atoms with E-state index in [9.17, 15) is 40.0 Å². The van der Waals surface area contributed by atoms with E-state index in [-0.39, 0.29) is 38.0 Å². The Hall–Kier alpha value is -4.17. The van der Waals surface area contributed by atoms with Crippen molar-refractivity contribution in [3.8, 4) is 11.5 Å². The first-order valence-corrected chi connectivity index (χ1v) is 26.5. The zero-order valence-electron chi connectivity index (χ0n) is 38.7. The van der Waals surface area contributed by atoms with Crippen LogP contribution in [0, 0.1) is 58.2 Å². The highest BCUT2D eigenvalue weighted by Gasteiger charge is 2.86. The van der Waals surface area contributed by atoms with Crippen molar-refractivity contribution in [2.75, 3.05) is 0 Å². The molecule has 0 amide bonds. The molecule has 0 spiro atoms. The van der Waals surface area contributed by atoms with Gasteiger partial charge < -0.3 is 18.9 Å². The monoisotopic (exact) mass is 1030 g/mol. The molecule has 0 saturated heterocycles. The van der Waals surface area contributed by atoms with Crippen molar-refractivity contribution < 1.29 is 80.1 Å². The minimum atomic E-state index is -7.59. The molecule has 0 N–H and O–H groups in total. The van der Waals surface area contributed by atoms with Crippen molar-refractivity contribution in [3.63, 3.8) is 0 Å². The topological polar surface area (TPSA) is 114 Å². The van der Waals surface area contributed by atoms with Gasteiger partial charge in [-0.05, 0) is 183 Å². The molecule has 384 valence electrons. The van der Waals surface area contributed by atoms with E-state index in [4.69, 9.17) is 22.6 Å². The van der Waals surface area contributed by atoms with Gasteiger partial charge in [0.25, 0.3) is 0 Å². The molecule has 8 saturated carbocycles. The number of carbonyl (C=O) groups is 2. The van der Waals surface area contributed by atoms with Crippen LogP contribution < -0.4 is 9.47 Å². The van der Waals surface area contributed by atoms with Crippen molar-refractivity contribution in [1.82, 2.24) is 0 Å². The van der Waals surface area contributed by atoms with Crippen LogP contribution in [0.5, 0.6) is 11.5 Å². The minimum absolute atomic E-state index is 0.0445. The van der Waals surface area contributed by atoms with E-state index in [1.807, 2.05) is 0 Å². The number of halogens is 9. The van der Waals surface area contributed by atoms with Crippen molar-refractivity contribution in [1.29, 1.82) is 0 Å². The number of hydrogen-bond acceptors (Lipinski definition) is 9. The molecular weight excluding hydrogens is 980 g/mol. The van der Waals surface area contributed by atoms with Crippen LogP contribution >= 0.6 is 10.3 Å². The van der Waals surface area contributed by atoms with Gasteiger partial charge in [0, 0.05) is 39.4 Å². The molecule has 8 atom stereocenters. The maximum atomic E-state index is 15.8. The second-order valence-electron chi connectivity index (χ2n) is 20.9. The summed E-state index contributed by atoms with van der Waals surface area (Å²) in [7, 11) is -12.0. The fraction of sp³-hybridized carbons (Fsp3) is 0.600. The van der Waals surface area contributed by atoms with Crippen LogP contribution in [0.3, 0.4) is 0 Å². The van der Waals surface area contributed by atoms with Gasteiger partial charge in [0.05, 0.1) is 0 Å². The summed E-state index contributed by atoms with van der Waals surface area (Å²) in [6, 6.07) is 16.2. The Labute approximate surface area is 402 Å². The Morgan fingerprint density at radius 2 is 0.900 bits per heavy atom. The first-order chi connectivity index (χ1) is 32.7. The van der Waals surface area contributed by atoms with Gasteiger partial charge in [0.2, 0.25) is 12.6 Å². The summed E-state index contributed by atoms with van der Waals surface area (Å²) in [4.78, 5) is 24.2. The lowest BCUT2D eigenvalue weighted by Gasteiger charge is -2.61. The number of rotatable bonds is 16. The summed E-state index contributed by atoms with van der Waals surface area (Å²) < 4.78 is 188. The number of benzene rings is 3. The van der Waals surface area contributed by atoms with Gasteiger partial charge in [0.15, 0.2) is 0 Å². The van der Waals surface area contributed by atoms with Gasteiger partial charge in [-0.15, -0.1) is 0 Å². The number of alkyl halides is 9. The third-order valence-corrected chi connectivity index (χ3v) is 22.0. The zero-order chi connectivity index (χ0) is 50.6. The summed E-state index contributed by atoms with van der Waals surface area (Å²) >= 11 is 0. The van der Waals surface area contributed by atoms with E-state index in [0.717, 1.165) is 88.5 Å². The molecule has 8 aliphatic rings. The van der Waals surface area contributed by atoms with E-state index in [0.29, 0.717) is 35.5 Å². The van der Waals surface area contributed by atoms with E-state index < -0.39 is 79.1 Å². The highest BCUT2D eigenvalue weighted by molar-refractivity contribution is 8.33. The van der Waals surface area contributed by atoms with E-state index in [1.165, 1.54) is 68.4 Å². The molecule has 8 fully saturated rings. The Morgan fingerprint density at radius 1 is 0.543 bits per heavy atom. The summed E-state index contributed by atoms with van der Waals surface area (Å²) in [6.07, 6.45) is -0.396. The SMILES string of the molecule is CC(=O)OC(Oc1ccc(S(OS(=O)(=O)C(F)(F)C(F)(F)C(F)(F)C(F)(F)F)(c2ccccc2)c2ccc(OC(OC(C)=O)C34CC5CC(CC(C5)C3C)C4)cc2)cc1)C12CC3CC(CC(C3)C1C)C2. The lowest BCUT2D eigenvalue weighted by Crippen LogP contribution is -2.63. The summed E-state index contributed by atoms with van der Waals surface area (Å²) in [5.41, 5.74) is -1.15. The Balaban J connectivity index is 1.14. The Kier molecular flexibility index (Phi) is 12.7. The smallest absolute Gasteiger partial charge is 0.454 e. The van der Waals surface area contributed by atoms with E-state index in [1.54, 1.807) is 0 Å². The van der Waals surface area contributed by atoms with Crippen LogP contribution in [0.25, 0.3) is 0 Å². The molecule has 3 aromatic rings. The summed E-state index contributed by atoms with van der Waals surface area (Å²) in [6.45, 7) is 6.67. The van der Waals surface area contributed by atoms with E-state index >= 15 is 17.6 Å². The average molecular weight is 1040 g/mol. The predicted molar refractivity (Wildman–Crippen MR) is 235 cm³/mol. The molecule has 0 heterocycles. The van der Waals surface area contributed by atoms with Crippen LogP contribution in [0.2, 0.25) is 0 Å². The largest absolute Gasteiger partial charge is 0.460 e. The lowest BCUT2D eigenvalue weighted by molar-refractivity contribution is -0.382. The molecule has 0 radical (unpaired) electrons. The fourth-order valence-electron chi connectivity index (χ4n) is 13.8. The van der Waals surface area contributed by atoms with Crippen LogP contribution in [0.4, 0.5) is 39.5 Å². The fourth-order valence-corrected chi connectivity index (χ4v) is 19.0. The minimum Gasteiger partial charge on any atom is -0.454 e. The Bertz CT molecular complexity index is 2420. The average Bonchev–Trinajstić information content (AvgIpc) is 3.28. The molecule has 20 heteroatoms. The van der Waals surface area contributed by atoms with Crippen molar-refractivity contribution in [3.05, 3.63) is 78.9 Å². The van der Waals surface area contributed by atoms with Gasteiger partial charge >= 0.3 is 45.3 Å². The maximum Gasteiger partial charge on any atom is 0.460 e. The number of carbonyl (C=O) groups excluding carboxylic acids is 2. The molecular formula is C50H55F9O9S2. The zero-order valence-corrected chi connectivity index (χ0v) is 40.4. The molecule has 8 unspecified atom stereocenters. The molecule has 11 rings (SSSR count).